The van der Waals surface area contributed by atoms with Crippen molar-refractivity contribution in [1.82, 2.24) is 4.90 Å². The molecule has 0 radical (unpaired) electrons. The lowest BCUT2D eigenvalue weighted by Gasteiger charge is -2.13. The van der Waals surface area contributed by atoms with Crippen molar-refractivity contribution in [3.8, 4) is 0 Å². The summed E-state index contributed by atoms with van der Waals surface area (Å²) in [6.45, 7) is 1.55. The normalized spacial score (nSPS) is 12.4. The van der Waals surface area contributed by atoms with Crippen molar-refractivity contribution in [3.05, 3.63) is 0 Å². The molecule has 0 bridgehead atoms. The average molecular weight is 221 g/mol. The van der Waals surface area contributed by atoms with Crippen molar-refractivity contribution in [2.75, 3.05) is 41.7 Å². The summed E-state index contributed by atoms with van der Waals surface area (Å²) in [5.41, 5.74) is 0. The van der Waals surface area contributed by atoms with Crippen LogP contribution in [0.15, 0.2) is 0 Å². The number of rotatable bonds is 9. The third-order valence-corrected chi connectivity index (χ3v) is 3.90. The van der Waals surface area contributed by atoms with Gasteiger partial charge < -0.3 is 14.2 Å². The Morgan fingerprint density at radius 1 is 1.21 bits per heavy atom. The number of nitrogens with zero attached hydrogens (tertiary/aromatic N) is 1. The number of methoxy groups -OCH3 is 2. The van der Waals surface area contributed by atoms with Crippen LogP contribution in [0.1, 0.15) is 6.42 Å². The molecule has 0 fully saturated rings. The molecule has 0 amide bonds. The second-order valence-corrected chi connectivity index (χ2v) is 5.46. The van der Waals surface area contributed by atoms with Crippen LogP contribution in [0, 0.1) is 0 Å². The van der Waals surface area contributed by atoms with Crippen LogP contribution < -0.4 is 0 Å². The molecule has 14 heavy (non-hydrogen) atoms. The summed E-state index contributed by atoms with van der Waals surface area (Å²) >= 11 is 0. The van der Waals surface area contributed by atoms with Gasteiger partial charge in [0.1, 0.15) is 5.91 Å². The molecule has 0 atom stereocenters. The van der Waals surface area contributed by atoms with E-state index in [9.17, 15) is 0 Å². The van der Waals surface area contributed by atoms with Crippen molar-refractivity contribution in [3.63, 3.8) is 0 Å². The molecule has 0 saturated heterocycles. The number of ether oxygens (including phenoxy) is 3. The van der Waals surface area contributed by atoms with Gasteiger partial charge in [0.05, 0.1) is 16.3 Å². The molecule has 0 heterocycles. The van der Waals surface area contributed by atoms with Crippen LogP contribution in [-0.2, 0) is 14.2 Å². The predicted molar refractivity (Wildman–Crippen MR) is 60.3 cm³/mol. The molecule has 0 aromatic rings. The van der Waals surface area contributed by atoms with Crippen molar-refractivity contribution in [2.45, 2.75) is 18.4 Å². The largest absolute Gasteiger partial charge is 0.366 e. The van der Waals surface area contributed by atoms with E-state index in [2.05, 4.69) is 0 Å². The van der Waals surface area contributed by atoms with E-state index in [4.69, 9.17) is 14.2 Å². The molecule has 0 aromatic heterocycles. The quantitative estimate of drug-likeness (QED) is 0.313. The van der Waals surface area contributed by atoms with Crippen LogP contribution in [0.4, 0.5) is 0 Å². The Morgan fingerprint density at radius 2 is 1.86 bits per heavy atom. The molecule has 0 unspecified atom stereocenters. The summed E-state index contributed by atoms with van der Waals surface area (Å²) in [4.78, 5) is 2.02. The molecule has 0 spiro atoms. The van der Waals surface area contributed by atoms with E-state index >= 15 is 0 Å². The number of hydrogen-bond donors (Lipinski definition) is 0. The van der Waals surface area contributed by atoms with E-state index in [1.165, 1.54) is 6.04 Å². The highest BCUT2D eigenvalue weighted by Crippen LogP contribution is 1.96. The van der Waals surface area contributed by atoms with Gasteiger partial charge in [0.25, 0.3) is 0 Å². The van der Waals surface area contributed by atoms with Crippen LogP contribution in [-0.4, -0.2) is 62.0 Å². The molecule has 0 aliphatic carbocycles. The van der Waals surface area contributed by atoms with E-state index in [1.54, 1.807) is 14.2 Å². The topological polar surface area (TPSA) is 30.9 Å². The summed E-state index contributed by atoms with van der Waals surface area (Å²) in [6.07, 6.45) is 1.11. The van der Waals surface area contributed by atoms with Gasteiger partial charge in [-0.25, -0.2) is 0 Å². The van der Waals surface area contributed by atoms with Gasteiger partial charge in [-0.3, -0.25) is 4.90 Å². The third-order valence-electron chi connectivity index (χ3n) is 1.85. The van der Waals surface area contributed by atoms with Crippen LogP contribution in [0.3, 0.4) is 0 Å². The van der Waals surface area contributed by atoms with Gasteiger partial charge in [-0.05, 0) is 20.5 Å². The van der Waals surface area contributed by atoms with Crippen molar-refractivity contribution >= 4 is 9.52 Å². The van der Waals surface area contributed by atoms with Gasteiger partial charge in [-0.15, -0.1) is 0 Å². The maximum absolute atomic E-state index is 5.41. The summed E-state index contributed by atoms with van der Waals surface area (Å²) < 4.78 is 15.7. The highest BCUT2D eigenvalue weighted by atomic mass is 28.2. The Hall–Kier alpha value is 0.0569. The molecule has 0 aliphatic rings. The lowest BCUT2D eigenvalue weighted by molar-refractivity contribution is -0.0442. The SMILES string of the molecule is COC(OC)[SiH2]CCCOCN(C)C. The molecule has 0 aliphatic heterocycles. The third kappa shape index (κ3) is 8.65. The average Bonchev–Trinajstić information content (AvgIpc) is 2.16. The van der Waals surface area contributed by atoms with Crippen molar-refractivity contribution in [2.24, 2.45) is 0 Å². The summed E-state index contributed by atoms with van der Waals surface area (Å²) in [5.74, 6) is 0.0730. The predicted octanol–water partition coefficient (Wildman–Crippen LogP) is 0.0757. The van der Waals surface area contributed by atoms with E-state index < -0.39 is 0 Å². The maximum Gasteiger partial charge on any atom is 0.134 e. The van der Waals surface area contributed by atoms with E-state index in [-0.39, 0.29) is 15.4 Å². The fourth-order valence-corrected chi connectivity index (χ4v) is 2.39. The van der Waals surface area contributed by atoms with Gasteiger partial charge in [0.2, 0.25) is 0 Å². The van der Waals surface area contributed by atoms with Gasteiger partial charge in [0, 0.05) is 20.8 Å². The molecular weight excluding hydrogens is 198 g/mol. The maximum atomic E-state index is 5.41. The van der Waals surface area contributed by atoms with Gasteiger partial charge in [-0.1, -0.05) is 6.04 Å². The highest BCUT2D eigenvalue weighted by molar-refractivity contribution is 6.36. The molecule has 5 heteroatoms. The number of hydrogen-bond acceptors (Lipinski definition) is 4. The Morgan fingerprint density at radius 3 is 2.36 bits per heavy atom. The lowest BCUT2D eigenvalue weighted by atomic mass is 10.5. The van der Waals surface area contributed by atoms with Crippen molar-refractivity contribution < 1.29 is 14.2 Å². The Balaban J connectivity index is 3.12. The minimum Gasteiger partial charge on any atom is -0.366 e. The Bertz CT molecular complexity index is 121. The first-order chi connectivity index (χ1) is 6.70. The zero-order valence-electron chi connectivity index (χ0n) is 9.78. The molecule has 0 N–H and O–H groups in total. The van der Waals surface area contributed by atoms with Gasteiger partial charge >= 0.3 is 0 Å². The van der Waals surface area contributed by atoms with Gasteiger partial charge in [-0.2, -0.15) is 0 Å². The molecule has 0 rings (SSSR count). The molecule has 4 nitrogen and oxygen atoms in total. The Kier molecular flexibility index (Phi) is 9.64. The molecule has 0 saturated carbocycles. The highest BCUT2D eigenvalue weighted by Gasteiger charge is 2.04. The monoisotopic (exact) mass is 221 g/mol. The van der Waals surface area contributed by atoms with Crippen LogP contribution in [0.25, 0.3) is 0 Å². The summed E-state index contributed by atoms with van der Waals surface area (Å²) in [6, 6.07) is 1.21. The van der Waals surface area contributed by atoms with Crippen LogP contribution >= 0.6 is 0 Å². The zero-order chi connectivity index (χ0) is 10.8. The first kappa shape index (κ1) is 14.1. The fourth-order valence-electron chi connectivity index (χ4n) is 1.09. The molecule has 86 valence electrons. The first-order valence-corrected chi connectivity index (χ1v) is 6.80. The smallest absolute Gasteiger partial charge is 0.134 e. The van der Waals surface area contributed by atoms with E-state index in [1.807, 2.05) is 19.0 Å². The van der Waals surface area contributed by atoms with Gasteiger partial charge in [0.15, 0.2) is 0 Å². The fraction of sp³-hybridized carbons (Fsp3) is 1.00. The van der Waals surface area contributed by atoms with Crippen molar-refractivity contribution in [1.29, 1.82) is 0 Å². The van der Waals surface area contributed by atoms with Crippen LogP contribution in [0.5, 0.6) is 0 Å². The minimum atomic E-state index is -0.260. The summed E-state index contributed by atoms with van der Waals surface area (Å²) in [5, 5.41) is 0. The minimum absolute atomic E-state index is 0.0730. The molecule has 0 aromatic carbocycles. The lowest BCUT2D eigenvalue weighted by Crippen LogP contribution is -2.21. The first-order valence-electron chi connectivity index (χ1n) is 4.98. The Labute approximate surface area is 89.3 Å². The van der Waals surface area contributed by atoms with E-state index in [0.29, 0.717) is 6.73 Å². The van der Waals surface area contributed by atoms with E-state index in [0.717, 1.165) is 13.0 Å². The zero-order valence-corrected chi connectivity index (χ0v) is 11.2. The summed E-state index contributed by atoms with van der Waals surface area (Å²) in [7, 11) is 7.14. The standard InChI is InChI=1S/C9H23NO3Si/c1-10(2)8-13-6-5-7-14-9(11-3)12-4/h9H,5-8,14H2,1-4H3. The second-order valence-electron chi connectivity index (χ2n) is 3.51. The molecular formula is C9H23NO3Si. The van der Waals surface area contributed by atoms with Crippen LogP contribution in [0.2, 0.25) is 6.04 Å². The second kappa shape index (κ2) is 9.61.